The van der Waals surface area contributed by atoms with Crippen molar-refractivity contribution in [2.75, 3.05) is 6.61 Å². The molecule has 0 aliphatic heterocycles. The molecule has 1 aliphatic rings. The summed E-state index contributed by atoms with van der Waals surface area (Å²) in [5.41, 5.74) is 5.32. The molecule has 3 N–H and O–H groups in total. The Morgan fingerprint density at radius 3 is 2.33 bits per heavy atom. The molecule has 2 nitrogen and oxygen atoms in total. The van der Waals surface area contributed by atoms with E-state index in [0.717, 1.165) is 6.42 Å². The van der Waals surface area contributed by atoms with Gasteiger partial charge in [-0.1, -0.05) is 0 Å². The van der Waals surface area contributed by atoms with Gasteiger partial charge in [-0.25, -0.2) is 0 Å². The Morgan fingerprint density at radius 2 is 2.33 bits per heavy atom. The number of nitrogens with two attached hydrogens (primary N) is 1. The van der Waals surface area contributed by atoms with Crippen molar-refractivity contribution in [3.63, 3.8) is 0 Å². The van der Waals surface area contributed by atoms with Crippen LogP contribution in [0, 0.1) is 5.92 Å². The van der Waals surface area contributed by atoms with Gasteiger partial charge in [0.25, 0.3) is 0 Å². The van der Waals surface area contributed by atoms with Gasteiger partial charge >= 0.3 is 0 Å². The molecule has 0 amide bonds. The molecule has 0 heterocycles. The zero-order chi connectivity index (χ0) is 4.57. The van der Waals surface area contributed by atoms with E-state index in [4.69, 9.17) is 10.8 Å². The smallest absolute Gasteiger partial charge is 0.0474 e. The van der Waals surface area contributed by atoms with Crippen molar-refractivity contribution < 1.29 is 5.11 Å². The molecule has 1 saturated carbocycles. The lowest BCUT2D eigenvalue weighted by Gasteiger charge is -1.79. The van der Waals surface area contributed by atoms with Crippen LogP contribution in [0.2, 0.25) is 0 Å². The molecule has 1 fully saturated rings. The fourth-order valence-corrected chi connectivity index (χ4v) is 0.481. The number of hydrogen-bond donors (Lipinski definition) is 2. The van der Waals surface area contributed by atoms with Crippen LogP contribution in [0.4, 0.5) is 0 Å². The highest BCUT2D eigenvalue weighted by atomic mass is 16.3. The second-order valence-corrected chi connectivity index (χ2v) is 1.84. The third-order valence-corrected chi connectivity index (χ3v) is 1.21. The molecule has 0 saturated heterocycles. The van der Waals surface area contributed by atoms with Crippen molar-refractivity contribution in [3.05, 3.63) is 0 Å². The van der Waals surface area contributed by atoms with E-state index in [0.29, 0.717) is 12.0 Å². The van der Waals surface area contributed by atoms with Gasteiger partial charge in [0, 0.05) is 12.6 Å². The molecule has 0 aromatic heterocycles. The molecule has 0 aromatic rings. The number of aliphatic hydroxyl groups excluding tert-OH is 1. The Bertz CT molecular complexity index is 53.5. The molecule has 2 unspecified atom stereocenters. The average molecular weight is 87.1 g/mol. The third kappa shape index (κ3) is 0.533. The van der Waals surface area contributed by atoms with E-state index in [2.05, 4.69) is 0 Å². The van der Waals surface area contributed by atoms with E-state index >= 15 is 0 Å². The first-order valence-corrected chi connectivity index (χ1v) is 2.21. The molecule has 1 rings (SSSR count). The van der Waals surface area contributed by atoms with Crippen LogP contribution in [0.5, 0.6) is 0 Å². The van der Waals surface area contributed by atoms with Crippen LogP contribution in [0.1, 0.15) is 6.42 Å². The van der Waals surface area contributed by atoms with Gasteiger partial charge in [0.05, 0.1) is 0 Å². The molecule has 2 atom stereocenters. The van der Waals surface area contributed by atoms with Gasteiger partial charge in [0.1, 0.15) is 0 Å². The maximum Gasteiger partial charge on any atom is 0.0474 e. The second kappa shape index (κ2) is 1.21. The predicted molar refractivity (Wildman–Crippen MR) is 23.2 cm³/mol. The lowest BCUT2D eigenvalue weighted by Crippen LogP contribution is -2.03. The summed E-state index contributed by atoms with van der Waals surface area (Å²) in [7, 11) is 0. The molecular weight excluding hydrogens is 78.0 g/mol. The average Bonchev–Trinajstić information content (AvgIpc) is 2.19. The van der Waals surface area contributed by atoms with E-state index in [9.17, 15) is 0 Å². The van der Waals surface area contributed by atoms with Crippen molar-refractivity contribution in [1.29, 1.82) is 0 Å². The first kappa shape index (κ1) is 4.09. The van der Waals surface area contributed by atoms with Crippen molar-refractivity contribution >= 4 is 0 Å². The first-order chi connectivity index (χ1) is 2.84. The van der Waals surface area contributed by atoms with Crippen molar-refractivity contribution in [2.45, 2.75) is 12.5 Å². The SMILES string of the molecule is NC1CC1CO. The maximum absolute atomic E-state index is 8.30. The quantitative estimate of drug-likeness (QED) is 0.445. The summed E-state index contributed by atoms with van der Waals surface area (Å²) in [4.78, 5) is 0. The van der Waals surface area contributed by atoms with Gasteiger partial charge in [-0.05, 0) is 12.3 Å². The summed E-state index contributed by atoms with van der Waals surface area (Å²) in [5, 5.41) is 8.30. The molecular formula is C4H9NO. The minimum Gasteiger partial charge on any atom is -0.396 e. The van der Waals surface area contributed by atoms with Gasteiger partial charge in [-0.15, -0.1) is 0 Å². The summed E-state index contributed by atoms with van der Waals surface area (Å²) >= 11 is 0. The van der Waals surface area contributed by atoms with Gasteiger partial charge in [0.2, 0.25) is 0 Å². The molecule has 0 aromatic carbocycles. The van der Waals surface area contributed by atoms with Crippen LogP contribution in [0.25, 0.3) is 0 Å². The molecule has 36 valence electrons. The Labute approximate surface area is 37.0 Å². The summed E-state index contributed by atoms with van der Waals surface area (Å²) in [5.74, 6) is 0.435. The molecule has 6 heavy (non-hydrogen) atoms. The van der Waals surface area contributed by atoms with Crippen LogP contribution >= 0.6 is 0 Å². The van der Waals surface area contributed by atoms with Crippen LogP contribution in [-0.4, -0.2) is 17.8 Å². The predicted octanol–water partition coefficient (Wildman–Crippen LogP) is -0.674. The Hall–Kier alpha value is -0.0800. The fourth-order valence-electron chi connectivity index (χ4n) is 0.481. The highest BCUT2D eigenvalue weighted by Gasteiger charge is 2.31. The van der Waals surface area contributed by atoms with Crippen molar-refractivity contribution in [1.82, 2.24) is 0 Å². The summed E-state index contributed by atoms with van der Waals surface area (Å²) in [6, 6.07) is 0.315. The Kier molecular flexibility index (Phi) is 0.821. The summed E-state index contributed by atoms with van der Waals surface area (Å²) in [6.07, 6.45) is 1.02. The highest BCUT2D eigenvalue weighted by Crippen LogP contribution is 2.25. The van der Waals surface area contributed by atoms with Gasteiger partial charge < -0.3 is 10.8 Å². The zero-order valence-electron chi connectivity index (χ0n) is 3.59. The lowest BCUT2D eigenvalue weighted by molar-refractivity contribution is 0.274. The van der Waals surface area contributed by atoms with Gasteiger partial charge in [-0.2, -0.15) is 0 Å². The molecule has 0 radical (unpaired) electrons. The largest absolute Gasteiger partial charge is 0.396 e. The maximum atomic E-state index is 8.30. The molecule has 2 heteroatoms. The van der Waals surface area contributed by atoms with Crippen molar-refractivity contribution in [3.8, 4) is 0 Å². The minimum atomic E-state index is 0.279. The molecule has 0 spiro atoms. The van der Waals surface area contributed by atoms with E-state index < -0.39 is 0 Å². The van der Waals surface area contributed by atoms with E-state index in [1.54, 1.807) is 0 Å². The zero-order valence-corrected chi connectivity index (χ0v) is 3.59. The lowest BCUT2D eigenvalue weighted by atomic mass is 10.4. The van der Waals surface area contributed by atoms with E-state index in [-0.39, 0.29) is 6.61 Å². The van der Waals surface area contributed by atoms with Crippen LogP contribution in [-0.2, 0) is 0 Å². The van der Waals surface area contributed by atoms with Crippen molar-refractivity contribution in [2.24, 2.45) is 11.7 Å². The van der Waals surface area contributed by atoms with Crippen LogP contribution < -0.4 is 5.73 Å². The van der Waals surface area contributed by atoms with E-state index in [1.807, 2.05) is 0 Å². The normalized spacial score (nSPS) is 43.0. The van der Waals surface area contributed by atoms with Gasteiger partial charge in [0.15, 0.2) is 0 Å². The molecule has 0 bridgehead atoms. The number of rotatable bonds is 1. The monoisotopic (exact) mass is 87.1 g/mol. The summed E-state index contributed by atoms with van der Waals surface area (Å²) in [6.45, 7) is 0.279. The Morgan fingerprint density at radius 1 is 1.83 bits per heavy atom. The summed E-state index contributed by atoms with van der Waals surface area (Å²) < 4.78 is 0. The van der Waals surface area contributed by atoms with Crippen LogP contribution in [0.15, 0.2) is 0 Å². The molecule has 1 aliphatic carbocycles. The third-order valence-electron chi connectivity index (χ3n) is 1.21. The standard InChI is InChI=1S/C4H9NO/c5-4-1-3(4)2-6/h3-4,6H,1-2,5H2. The van der Waals surface area contributed by atoms with Crippen LogP contribution in [0.3, 0.4) is 0 Å². The first-order valence-electron chi connectivity index (χ1n) is 2.21. The second-order valence-electron chi connectivity index (χ2n) is 1.84. The minimum absolute atomic E-state index is 0.279. The number of aliphatic hydroxyl groups is 1. The highest BCUT2D eigenvalue weighted by molar-refractivity contribution is 4.88. The topological polar surface area (TPSA) is 46.2 Å². The Balaban J connectivity index is 2.09. The number of hydrogen-bond acceptors (Lipinski definition) is 2. The van der Waals surface area contributed by atoms with E-state index in [1.165, 1.54) is 0 Å². The van der Waals surface area contributed by atoms with Gasteiger partial charge in [-0.3, -0.25) is 0 Å². The fraction of sp³-hybridized carbons (Fsp3) is 1.00.